The molecule has 2 heterocycles. The first-order chi connectivity index (χ1) is 15.4. The molecule has 4 rings (SSSR count). The highest BCUT2D eigenvalue weighted by Crippen LogP contribution is 2.22. The molecule has 0 saturated carbocycles. The van der Waals surface area contributed by atoms with E-state index in [1.165, 1.54) is 0 Å². The number of hydrogen-bond donors (Lipinski definition) is 0. The fourth-order valence-corrected chi connectivity index (χ4v) is 4.18. The Kier molecular flexibility index (Phi) is 6.77. The number of benzene rings is 2. The zero-order chi connectivity index (χ0) is 22.7. The predicted octanol–water partition coefficient (Wildman–Crippen LogP) is 5.43. The van der Waals surface area contributed by atoms with Crippen molar-refractivity contribution in [2.45, 2.75) is 39.3 Å². The number of carbonyl (C=O) groups excluding carboxylic acids is 2. The molecule has 1 unspecified atom stereocenters. The topological polar surface area (TPSA) is 57.5 Å². The lowest BCUT2D eigenvalue weighted by Crippen LogP contribution is -2.18. The lowest BCUT2D eigenvalue weighted by Gasteiger charge is -2.14. The van der Waals surface area contributed by atoms with Crippen molar-refractivity contribution >= 4 is 23.2 Å². The summed E-state index contributed by atoms with van der Waals surface area (Å²) in [5.74, 6) is 0.375. The number of carbonyl (C=O) groups is 2. The van der Waals surface area contributed by atoms with Crippen molar-refractivity contribution in [1.82, 2.24) is 4.57 Å². The SMILES string of the molecule is Cc1cc(C(=O)COc2ccc(C(=O)c3ccc(Cl)cc3)cc2)c(C)n1CC1CCCO1. The molecule has 1 saturated heterocycles. The average Bonchev–Trinajstić information content (AvgIpc) is 3.42. The highest BCUT2D eigenvalue weighted by molar-refractivity contribution is 6.30. The molecule has 0 spiro atoms. The third-order valence-electron chi connectivity index (χ3n) is 5.88. The van der Waals surface area contributed by atoms with Crippen LogP contribution >= 0.6 is 11.6 Å². The number of hydrogen-bond acceptors (Lipinski definition) is 4. The summed E-state index contributed by atoms with van der Waals surface area (Å²) in [7, 11) is 0. The molecule has 0 amide bonds. The van der Waals surface area contributed by atoms with Crippen LogP contribution in [-0.2, 0) is 11.3 Å². The van der Waals surface area contributed by atoms with E-state index < -0.39 is 0 Å². The maximum absolute atomic E-state index is 12.8. The van der Waals surface area contributed by atoms with Crippen molar-refractivity contribution in [1.29, 1.82) is 0 Å². The van der Waals surface area contributed by atoms with E-state index in [9.17, 15) is 9.59 Å². The maximum Gasteiger partial charge on any atom is 0.202 e. The zero-order valence-electron chi connectivity index (χ0n) is 18.3. The van der Waals surface area contributed by atoms with Gasteiger partial charge in [-0.1, -0.05) is 11.6 Å². The predicted molar refractivity (Wildman–Crippen MR) is 124 cm³/mol. The molecule has 1 fully saturated rings. The Morgan fingerprint density at radius 3 is 2.34 bits per heavy atom. The fraction of sp³-hybridized carbons (Fsp3) is 0.308. The Morgan fingerprint density at radius 2 is 1.72 bits per heavy atom. The number of aryl methyl sites for hydroxylation is 1. The third-order valence-corrected chi connectivity index (χ3v) is 6.13. The van der Waals surface area contributed by atoms with Gasteiger partial charge >= 0.3 is 0 Å². The maximum atomic E-state index is 12.8. The number of nitrogens with zero attached hydrogens (tertiary/aromatic N) is 1. The van der Waals surface area contributed by atoms with Crippen molar-refractivity contribution < 1.29 is 19.1 Å². The van der Waals surface area contributed by atoms with Gasteiger partial charge in [-0.3, -0.25) is 9.59 Å². The molecule has 166 valence electrons. The summed E-state index contributed by atoms with van der Waals surface area (Å²) in [6.07, 6.45) is 2.36. The molecule has 5 nitrogen and oxygen atoms in total. The smallest absolute Gasteiger partial charge is 0.202 e. The van der Waals surface area contributed by atoms with Crippen LogP contribution in [0.2, 0.25) is 5.02 Å². The van der Waals surface area contributed by atoms with Crippen molar-refractivity contribution in [3.05, 3.63) is 87.7 Å². The normalized spacial score (nSPS) is 15.7. The molecule has 0 N–H and O–H groups in total. The van der Waals surface area contributed by atoms with Crippen LogP contribution in [0.4, 0.5) is 0 Å². The van der Waals surface area contributed by atoms with E-state index in [0.29, 0.717) is 27.5 Å². The molecule has 6 heteroatoms. The lowest BCUT2D eigenvalue weighted by molar-refractivity contribution is 0.0914. The second-order valence-electron chi connectivity index (χ2n) is 8.10. The van der Waals surface area contributed by atoms with Gasteiger partial charge in [0.25, 0.3) is 0 Å². The number of Topliss-reactive ketones (excluding diaryl/α,β-unsaturated/α-hetero) is 1. The monoisotopic (exact) mass is 451 g/mol. The summed E-state index contributed by atoms with van der Waals surface area (Å²) in [5, 5.41) is 0.586. The highest BCUT2D eigenvalue weighted by Gasteiger charge is 2.21. The number of aromatic nitrogens is 1. The van der Waals surface area contributed by atoms with E-state index in [2.05, 4.69) is 4.57 Å². The standard InChI is InChI=1S/C26H26ClNO4/c1-17-14-24(18(2)28(17)15-23-4-3-13-31-23)25(29)16-32-22-11-7-20(8-12-22)26(30)19-5-9-21(27)10-6-19/h5-12,14,23H,3-4,13,15-16H2,1-2H3. The number of halogens is 1. The Labute approximate surface area is 192 Å². The van der Waals surface area contributed by atoms with Gasteiger partial charge in [0.1, 0.15) is 5.75 Å². The number of rotatable bonds is 8. The Balaban J connectivity index is 1.38. The lowest BCUT2D eigenvalue weighted by atomic mass is 10.0. The van der Waals surface area contributed by atoms with Crippen molar-refractivity contribution in [2.75, 3.05) is 13.2 Å². The summed E-state index contributed by atoms with van der Waals surface area (Å²) < 4.78 is 13.6. The van der Waals surface area contributed by atoms with E-state index in [1.54, 1.807) is 48.5 Å². The quantitative estimate of drug-likeness (QED) is 0.428. The Morgan fingerprint density at radius 1 is 1.06 bits per heavy atom. The van der Waals surface area contributed by atoms with Crippen LogP contribution < -0.4 is 4.74 Å². The molecule has 1 aliphatic rings. The minimum absolute atomic E-state index is 0.0608. The molecule has 0 aliphatic carbocycles. The summed E-state index contributed by atoms with van der Waals surface area (Å²) in [6, 6.07) is 15.5. The van der Waals surface area contributed by atoms with Crippen LogP contribution in [0.15, 0.2) is 54.6 Å². The van der Waals surface area contributed by atoms with Gasteiger partial charge in [-0.15, -0.1) is 0 Å². The molecule has 1 aliphatic heterocycles. The van der Waals surface area contributed by atoms with Crippen LogP contribution in [0.25, 0.3) is 0 Å². The minimum Gasteiger partial charge on any atom is -0.485 e. The first kappa shape index (κ1) is 22.3. The Bertz CT molecular complexity index is 1110. The molecule has 2 aromatic carbocycles. The van der Waals surface area contributed by atoms with Gasteiger partial charge in [0, 0.05) is 46.3 Å². The second-order valence-corrected chi connectivity index (χ2v) is 8.54. The van der Waals surface area contributed by atoms with Gasteiger partial charge in [0.15, 0.2) is 12.4 Å². The second kappa shape index (κ2) is 9.72. The van der Waals surface area contributed by atoms with Gasteiger partial charge in [-0.25, -0.2) is 0 Å². The molecule has 0 bridgehead atoms. The Hall–Kier alpha value is -2.89. The van der Waals surface area contributed by atoms with Gasteiger partial charge in [0.2, 0.25) is 5.78 Å². The van der Waals surface area contributed by atoms with E-state index in [4.69, 9.17) is 21.1 Å². The summed E-state index contributed by atoms with van der Waals surface area (Å²) >= 11 is 5.88. The largest absolute Gasteiger partial charge is 0.485 e. The number of ketones is 2. The van der Waals surface area contributed by atoms with Gasteiger partial charge in [0.05, 0.1) is 6.10 Å². The van der Waals surface area contributed by atoms with Crippen LogP contribution in [0.5, 0.6) is 5.75 Å². The van der Waals surface area contributed by atoms with Crippen molar-refractivity contribution in [3.63, 3.8) is 0 Å². The van der Waals surface area contributed by atoms with Gasteiger partial charge < -0.3 is 14.0 Å². The number of ether oxygens (including phenoxy) is 2. The summed E-state index contributed by atoms with van der Waals surface area (Å²) in [6.45, 7) is 5.50. The van der Waals surface area contributed by atoms with Gasteiger partial charge in [-0.05, 0) is 81.3 Å². The average molecular weight is 452 g/mol. The first-order valence-electron chi connectivity index (χ1n) is 10.8. The molecule has 3 aromatic rings. The summed E-state index contributed by atoms with van der Waals surface area (Å²) in [4.78, 5) is 25.4. The third kappa shape index (κ3) is 4.95. The van der Waals surface area contributed by atoms with E-state index in [1.807, 2.05) is 19.9 Å². The van der Waals surface area contributed by atoms with Gasteiger partial charge in [-0.2, -0.15) is 0 Å². The van der Waals surface area contributed by atoms with Crippen LogP contribution in [0.1, 0.15) is 50.5 Å². The van der Waals surface area contributed by atoms with Crippen molar-refractivity contribution in [3.8, 4) is 5.75 Å². The molecule has 0 radical (unpaired) electrons. The van der Waals surface area contributed by atoms with E-state index in [0.717, 1.165) is 37.4 Å². The zero-order valence-corrected chi connectivity index (χ0v) is 19.0. The molecular weight excluding hydrogens is 426 g/mol. The minimum atomic E-state index is -0.0945. The van der Waals surface area contributed by atoms with Crippen LogP contribution in [0.3, 0.4) is 0 Å². The highest BCUT2D eigenvalue weighted by atomic mass is 35.5. The van der Waals surface area contributed by atoms with E-state index in [-0.39, 0.29) is 24.3 Å². The van der Waals surface area contributed by atoms with Crippen molar-refractivity contribution in [2.24, 2.45) is 0 Å². The fourth-order valence-electron chi connectivity index (χ4n) is 4.05. The molecule has 1 aromatic heterocycles. The first-order valence-corrected chi connectivity index (χ1v) is 11.1. The molecule has 1 atom stereocenters. The van der Waals surface area contributed by atoms with E-state index >= 15 is 0 Å². The molecular formula is C26H26ClNO4. The van der Waals surface area contributed by atoms with Crippen LogP contribution in [-0.4, -0.2) is 35.5 Å². The summed E-state index contributed by atoms with van der Waals surface area (Å²) in [5.41, 5.74) is 3.78. The molecule has 32 heavy (non-hydrogen) atoms. The van der Waals surface area contributed by atoms with Crippen LogP contribution in [0, 0.1) is 13.8 Å².